The number of carboxylic acids is 1. The molecule has 1 aromatic carbocycles. The van der Waals surface area contributed by atoms with Crippen LogP contribution in [0.2, 0.25) is 0 Å². The third kappa shape index (κ3) is 2.65. The highest BCUT2D eigenvalue weighted by Gasteiger charge is 2.36. The van der Waals surface area contributed by atoms with Gasteiger partial charge in [-0.1, -0.05) is 24.3 Å². The molecular formula is C16H20N2O3. The molecule has 5 nitrogen and oxygen atoms in total. The summed E-state index contributed by atoms with van der Waals surface area (Å²) in [5.74, 6) is -1.49. The Bertz CT molecular complexity index is 572. The Balaban J connectivity index is 1.83. The lowest BCUT2D eigenvalue weighted by molar-refractivity contribution is -0.142. The lowest BCUT2D eigenvalue weighted by Crippen LogP contribution is -2.43. The van der Waals surface area contributed by atoms with Gasteiger partial charge in [0.25, 0.3) is 0 Å². The third-order valence-electron chi connectivity index (χ3n) is 4.63. The summed E-state index contributed by atoms with van der Waals surface area (Å²) < 4.78 is 0. The fraction of sp³-hybridized carbons (Fsp3) is 0.500. The first kappa shape index (κ1) is 14.1. The average Bonchev–Trinajstić information content (AvgIpc) is 2.91. The predicted octanol–water partition coefficient (Wildman–Crippen LogP) is 1.32. The van der Waals surface area contributed by atoms with Crippen molar-refractivity contribution in [1.82, 2.24) is 4.90 Å². The zero-order chi connectivity index (χ0) is 15.0. The minimum Gasteiger partial charge on any atom is -0.481 e. The topological polar surface area (TPSA) is 83.6 Å². The van der Waals surface area contributed by atoms with E-state index in [2.05, 4.69) is 0 Å². The van der Waals surface area contributed by atoms with E-state index >= 15 is 0 Å². The van der Waals surface area contributed by atoms with Crippen molar-refractivity contribution in [1.29, 1.82) is 0 Å². The van der Waals surface area contributed by atoms with Crippen molar-refractivity contribution in [2.24, 2.45) is 11.7 Å². The second-order valence-electron chi connectivity index (χ2n) is 6.08. The quantitative estimate of drug-likeness (QED) is 0.860. The molecule has 3 unspecified atom stereocenters. The van der Waals surface area contributed by atoms with Gasteiger partial charge in [-0.25, -0.2) is 0 Å². The first-order valence-electron chi connectivity index (χ1n) is 7.41. The van der Waals surface area contributed by atoms with Gasteiger partial charge in [-0.3, -0.25) is 9.59 Å². The number of amides is 1. The minimum atomic E-state index is -0.872. The largest absolute Gasteiger partial charge is 0.481 e. The van der Waals surface area contributed by atoms with Gasteiger partial charge in [-0.05, 0) is 30.4 Å². The van der Waals surface area contributed by atoms with Crippen LogP contribution in [0.3, 0.4) is 0 Å². The highest BCUT2D eigenvalue weighted by Crippen LogP contribution is 2.32. The van der Waals surface area contributed by atoms with Crippen molar-refractivity contribution in [2.45, 2.75) is 37.8 Å². The van der Waals surface area contributed by atoms with Gasteiger partial charge in [0.1, 0.15) is 0 Å². The molecule has 0 saturated heterocycles. The van der Waals surface area contributed by atoms with E-state index in [1.807, 2.05) is 24.3 Å². The van der Waals surface area contributed by atoms with E-state index in [0.29, 0.717) is 13.0 Å². The SMILES string of the molecule is NC1CCC(C(=O)N2Cc3ccccc3C(C(=O)O)C2)C1. The fourth-order valence-corrected chi connectivity index (χ4v) is 3.48. The molecule has 1 saturated carbocycles. The molecule has 0 aromatic heterocycles. The van der Waals surface area contributed by atoms with Gasteiger partial charge in [0.15, 0.2) is 0 Å². The molecule has 1 heterocycles. The van der Waals surface area contributed by atoms with E-state index in [1.54, 1.807) is 4.90 Å². The Kier molecular flexibility index (Phi) is 3.68. The Morgan fingerprint density at radius 1 is 1.24 bits per heavy atom. The Hall–Kier alpha value is -1.88. The van der Waals surface area contributed by atoms with Crippen LogP contribution in [-0.2, 0) is 16.1 Å². The Morgan fingerprint density at radius 3 is 2.67 bits per heavy atom. The number of nitrogens with zero attached hydrogens (tertiary/aromatic N) is 1. The molecule has 2 aliphatic rings. The van der Waals surface area contributed by atoms with Gasteiger partial charge < -0.3 is 15.7 Å². The average molecular weight is 288 g/mol. The van der Waals surface area contributed by atoms with Gasteiger partial charge in [0.05, 0.1) is 5.92 Å². The van der Waals surface area contributed by atoms with Gasteiger partial charge in [0.2, 0.25) is 5.91 Å². The van der Waals surface area contributed by atoms with E-state index in [-0.39, 0.29) is 24.4 Å². The first-order chi connectivity index (χ1) is 10.1. The molecule has 5 heteroatoms. The minimum absolute atomic E-state index is 0.0419. The summed E-state index contributed by atoms with van der Waals surface area (Å²) in [5, 5.41) is 9.43. The normalized spacial score (nSPS) is 28.2. The van der Waals surface area contributed by atoms with Gasteiger partial charge in [-0.2, -0.15) is 0 Å². The van der Waals surface area contributed by atoms with Gasteiger partial charge in [-0.15, -0.1) is 0 Å². The molecule has 1 aliphatic carbocycles. The smallest absolute Gasteiger partial charge is 0.312 e. The molecule has 0 bridgehead atoms. The number of fused-ring (bicyclic) bond motifs is 1. The van der Waals surface area contributed by atoms with E-state index in [1.165, 1.54) is 0 Å². The third-order valence-corrected chi connectivity index (χ3v) is 4.63. The zero-order valence-corrected chi connectivity index (χ0v) is 11.9. The number of aliphatic carboxylic acids is 1. The number of rotatable bonds is 2. The Morgan fingerprint density at radius 2 is 2.00 bits per heavy atom. The number of hydrogen-bond acceptors (Lipinski definition) is 3. The zero-order valence-electron chi connectivity index (χ0n) is 11.9. The summed E-state index contributed by atoms with van der Waals surface area (Å²) in [4.78, 5) is 25.8. The van der Waals surface area contributed by atoms with Crippen molar-refractivity contribution in [3.05, 3.63) is 35.4 Å². The standard InChI is InChI=1S/C16H20N2O3/c17-12-6-5-10(7-12)15(19)18-8-11-3-1-2-4-13(11)14(9-18)16(20)21/h1-4,10,12,14H,5-9,17H2,(H,20,21). The van der Waals surface area contributed by atoms with Crippen molar-refractivity contribution >= 4 is 11.9 Å². The van der Waals surface area contributed by atoms with Crippen LogP contribution >= 0.6 is 0 Å². The maximum absolute atomic E-state index is 12.6. The van der Waals surface area contributed by atoms with Crippen LogP contribution in [0.15, 0.2) is 24.3 Å². The molecule has 1 amide bonds. The molecule has 1 aromatic rings. The van der Waals surface area contributed by atoms with Crippen molar-refractivity contribution in [3.63, 3.8) is 0 Å². The number of carboxylic acid groups (broad SMARTS) is 1. The van der Waals surface area contributed by atoms with Gasteiger partial charge >= 0.3 is 5.97 Å². The number of benzene rings is 1. The molecule has 112 valence electrons. The second-order valence-corrected chi connectivity index (χ2v) is 6.08. The lowest BCUT2D eigenvalue weighted by atomic mass is 9.89. The monoisotopic (exact) mass is 288 g/mol. The number of carbonyl (C=O) groups excluding carboxylic acids is 1. The molecule has 3 atom stereocenters. The summed E-state index contributed by atoms with van der Waals surface area (Å²) in [5.41, 5.74) is 7.65. The fourth-order valence-electron chi connectivity index (χ4n) is 3.48. The van der Waals surface area contributed by atoms with Crippen LogP contribution < -0.4 is 5.73 Å². The predicted molar refractivity (Wildman–Crippen MR) is 77.6 cm³/mol. The van der Waals surface area contributed by atoms with Crippen LogP contribution in [0, 0.1) is 5.92 Å². The van der Waals surface area contributed by atoms with E-state index < -0.39 is 11.9 Å². The molecule has 3 N–H and O–H groups in total. The van der Waals surface area contributed by atoms with Crippen LogP contribution in [0.4, 0.5) is 0 Å². The number of nitrogens with two attached hydrogens (primary N) is 1. The van der Waals surface area contributed by atoms with E-state index in [0.717, 1.165) is 24.0 Å². The molecule has 1 aliphatic heterocycles. The maximum Gasteiger partial charge on any atom is 0.312 e. The van der Waals surface area contributed by atoms with Crippen molar-refractivity contribution < 1.29 is 14.7 Å². The second kappa shape index (κ2) is 5.48. The first-order valence-corrected chi connectivity index (χ1v) is 7.41. The summed E-state index contributed by atoms with van der Waals surface area (Å²) in [7, 11) is 0. The van der Waals surface area contributed by atoms with E-state index in [4.69, 9.17) is 5.73 Å². The molecule has 3 rings (SSSR count). The van der Waals surface area contributed by atoms with Crippen LogP contribution in [-0.4, -0.2) is 34.5 Å². The summed E-state index contributed by atoms with van der Waals surface area (Å²) in [6.07, 6.45) is 2.41. The molecule has 0 spiro atoms. The molecule has 21 heavy (non-hydrogen) atoms. The number of carbonyl (C=O) groups is 2. The maximum atomic E-state index is 12.6. The van der Waals surface area contributed by atoms with Gasteiger partial charge in [0, 0.05) is 25.0 Å². The van der Waals surface area contributed by atoms with E-state index in [9.17, 15) is 14.7 Å². The summed E-state index contributed by atoms with van der Waals surface area (Å²) in [6, 6.07) is 7.60. The van der Waals surface area contributed by atoms with Crippen molar-refractivity contribution in [3.8, 4) is 0 Å². The summed E-state index contributed by atoms with van der Waals surface area (Å²) >= 11 is 0. The summed E-state index contributed by atoms with van der Waals surface area (Å²) in [6.45, 7) is 0.765. The van der Waals surface area contributed by atoms with Crippen LogP contribution in [0.1, 0.15) is 36.3 Å². The molecular weight excluding hydrogens is 268 g/mol. The Labute approximate surface area is 123 Å². The van der Waals surface area contributed by atoms with Crippen LogP contribution in [0.5, 0.6) is 0 Å². The van der Waals surface area contributed by atoms with Crippen LogP contribution in [0.25, 0.3) is 0 Å². The highest BCUT2D eigenvalue weighted by molar-refractivity contribution is 5.83. The molecule has 0 radical (unpaired) electrons. The molecule has 1 fully saturated rings. The highest BCUT2D eigenvalue weighted by atomic mass is 16.4. The lowest BCUT2D eigenvalue weighted by Gasteiger charge is -2.34. The number of hydrogen-bond donors (Lipinski definition) is 2. The van der Waals surface area contributed by atoms with Crippen molar-refractivity contribution in [2.75, 3.05) is 6.54 Å².